The molecule has 0 heteroatoms. The van der Waals surface area contributed by atoms with Gasteiger partial charge in [-0.3, -0.25) is 0 Å². The van der Waals surface area contributed by atoms with E-state index in [4.69, 9.17) is 1.37 Å². The highest BCUT2D eigenvalue weighted by Crippen LogP contribution is 2.53. The fraction of sp³-hybridized carbons (Fsp3) is 1.00. The second-order valence-electron chi connectivity index (χ2n) is 2.87. The molecule has 0 heterocycles. The normalized spacial score (nSPS) is 61.9. The Labute approximate surface area is 47.3 Å². The van der Waals surface area contributed by atoms with E-state index >= 15 is 0 Å². The first-order chi connectivity index (χ1) is 3.52. The van der Waals surface area contributed by atoms with Gasteiger partial charge in [0, 0.05) is 1.37 Å². The fourth-order valence-electron chi connectivity index (χ4n) is 0.968. The average Bonchev–Trinajstić information content (AvgIpc) is 2.10. The predicted molar refractivity (Wildman–Crippen MR) is 32.2 cm³/mol. The van der Waals surface area contributed by atoms with E-state index in [2.05, 4.69) is 13.8 Å². The summed E-state index contributed by atoms with van der Waals surface area (Å²) in [4.78, 5) is 0. The zero-order valence-electron chi connectivity index (χ0n) is 6.41. The van der Waals surface area contributed by atoms with Crippen molar-refractivity contribution in [3.63, 3.8) is 0 Å². The lowest BCUT2D eigenvalue weighted by Crippen LogP contribution is -1.90. The van der Waals surface area contributed by atoms with Crippen LogP contribution in [0, 0.1) is 11.3 Å². The molecule has 0 radical (unpaired) electrons. The Kier molecular flexibility index (Phi) is 0.697. The molecule has 42 valence electrons. The van der Waals surface area contributed by atoms with Crippen LogP contribution in [-0.2, 0) is 0 Å². The van der Waals surface area contributed by atoms with Gasteiger partial charge in [-0.1, -0.05) is 27.2 Å². The molecule has 0 aromatic heterocycles. The van der Waals surface area contributed by atoms with Crippen molar-refractivity contribution >= 4 is 0 Å². The van der Waals surface area contributed by atoms with Crippen LogP contribution in [-0.4, -0.2) is 0 Å². The Morgan fingerprint density at radius 1 is 2.00 bits per heavy atom. The van der Waals surface area contributed by atoms with Crippen LogP contribution in [0.2, 0.25) is 0 Å². The van der Waals surface area contributed by atoms with Crippen LogP contribution in [0.25, 0.3) is 0 Å². The first kappa shape index (κ1) is 3.94. The molecule has 1 fully saturated rings. The van der Waals surface area contributed by atoms with Crippen LogP contribution in [0.3, 0.4) is 0 Å². The van der Waals surface area contributed by atoms with Gasteiger partial charge < -0.3 is 0 Å². The molecule has 0 N–H and O–H groups in total. The van der Waals surface area contributed by atoms with E-state index in [-0.39, 0.29) is 5.89 Å². The zero-order valence-corrected chi connectivity index (χ0v) is 5.41. The van der Waals surface area contributed by atoms with Gasteiger partial charge in [-0.05, 0) is 17.7 Å². The summed E-state index contributed by atoms with van der Waals surface area (Å²) in [5.74, 6) is -0.0955. The van der Waals surface area contributed by atoms with E-state index in [0.29, 0.717) is 5.41 Å². The molecule has 1 saturated carbocycles. The lowest BCUT2D eigenvalue weighted by Gasteiger charge is -2.00. The maximum atomic E-state index is 7.60. The highest BCUT2D eigenvalue weighted by Gasteiger charge is 2.44. The van der Waals surface area contributed by atoms with Gasteiger partial charge in [0.05, 0.1) is 0 Å². The third-order valence-corrected chi connectivity index (χ3v) is 2.34. The maximum Gasteiger partial charge on any atom is 0.0306 e. The summed E-state index contributed by atoms with van der Waals surface area (Å²) in [6, 6.07) is 0. The van der Waals surface area contributed by atoms with Crippen molar-refractivity contribution in [2.24, 2.45) is 11.3 Å². The zero-order chi connectivity index (χ0) is 6.41. The molecule has 1 rings (SSSR count). The maximum absolute atomic E-state index is 7.60. The largest absolute Gasteiger partial charge is 0.0649 e. The summed E-state index contributed by atoms with van der Waals surface area (Å²) < 4.78 is 7.60. The predicted octanol–water partition coefficient (Wildman–Crippen LogP) is 2.44. The van der Waals surface area contributed by atoms with Crippen LogP contribution in [0.1, 0.15) is 35.0 Å². The van der Waals surface area contributed by atoms with E-state index in [1.54, 1.807) is 0 Å². The van der Waals surface area contributed by atoms with Gasteiger partial charge in [0.25, 0.3) is 0 Å². The Morgan fingerprint density at radius 3 is 2.43 bits per heavy atom. The van der Waals surface area contributed by atoms with Crippen molar-refractivity contribution in [1.29, 1.82) is 0 Å². The molecule has 0 aliphatic heterocycles. The minimum absolute atomic E-state index is 0.0955. The lowest BCUT2D eigenvalue weighted by atomic mass is 10.0. The topological polar surface area (TPSA) is 0 Å². The fourth-order valence-corrected chi connectivity index (χ4v) is 0.968. The standard InChI is InChI=1S/C7H14/c1-4-7(3)5-6(7)2/h6H,4-5H2,1-3H3/i6T. The molecule has 2 unspecified atom stereocenters. The first-order valence-electron chi connectivity index (χ1n) is 3.52. The van der Waals surface area contributed by atoms with Gasteiger partial charge in [-0.25, -0.2) is 0 Å². The Hall–Kier alpha value is 0. The molecule has 0 aromatic carbocycles. The summed E-state index contributed by atoms with van der Waals surface area (Å²) >= 11 is 0. The van der Waals surface area contributed by atoms with E-state index in [1.807, 2.05) is 6.92 Å². The van der Waals surface area contributed by atoms with Crippen LogP contribution < -0.4 is 0 Å². The molecule has 0 aromatic rings. The smallest absolute Gasteiger partial charge is 0.0306 e. The van der Waals surface area contributed by atoms with Crippen LogP contribution >= 0.6 is 0 Å². The van der Waals surface area contributed by atoms with Crippen molar-refractivity contribution in [1.82, 2.24) is 0 Å². The summed E-state index contributed by atoms with van der Waals surface area (Å²) in [6.07, 6.45) is 2.25. The Bertz CT molecular complexity index is 107. The van der Waals surface area contributed by atoms with E-state index in [1.165, 1.54) is 0 Å². The molecule has 0 saturated heterocycles. The highest BCUT2D eigenvalue weighted by atomic mass is 14.5. The Morgan fingerprint density at radius 2 is 2.43 bits per heavy atom. The molecule has 0 nitrogen and oxygen atoms in total. The van der Waals surface area contributed by atoms with E-state index in [0.717, 1.165) is 12.8 Å². The van der Waals surface area contributed by atoms with Crippen molar-refractivity contribution in [2.75, 3.05) is 0 Å². The van der Waals surface area contributed by atoms with Gasteiger partial charge >= 0.3 is 0 Å². The quantitative estimate of drug-likeness (QED) is 0.474. The van der Waals surface area contributed by atoms with Gasteiger partial charge in [0.1, 0.15) is 0 Å². The van der Waals surface area contributed by atoms with Crippen LogP contribution in [0.5, 0.6) is 0 Å². The van der Waals surface area contributed by atoms with E-state index in [9.17, 15) is 0 Å². The van der Waals surface area contributed by atoms with E-state index < -0.39 is 0 Å². The molecule has 1 aliphatic carbocycles. The van der Waals surface area contributed by atoms with Gasteiger partial charge in [-0.15, -0.1) is 0 Å². The molecule has 0 amide bonds. The SMILES string of the molecule is [3H]C1(C)CC1(C)CC. The molecule has 0 bridgehead atoms. The lowest BCUT2D eigenvalue weighted by molar-refractivity contribution is 0.502. The second kappa shape index (κ2) is 1.24. The average molecular weight is 100 g/mol. The molecule has 0 spiro atoms. The summed E-state index contributed by atoms with van der Waals surface area (Å²) in [5.41, 5.74) is 0.354. The Balaban J connectivity index is 2.55. The summed E-state index contributed by atoms with van der Waals surface area (Å²) in [5, 5.41) is 0. The number of rotatable bonds is 1. The van der Waals surface area contributed by atoms with Crippen molar-refractivity contribution in [3.8, 4) is 0 Å². The van der Waals surface area contributed by atoms with Crippen molar-refractivity contribution in [3.05, 3.63) is 0 Å². The minimum atomic E-state index is -0.0955. The van der Waals surface area contributed by atoms with Gasteiger partial charge in [0.15, 0.2) is 0 Å². The van der Waals surface area contributed by atoms with Crippen LogP contribution in [0.15, 0.2) is 0 Å². The third kappa shape index (κ3) is 0.667. The molecular weight excluding hydrogens is 84.1 g/mol. The highest BCUT2D eigenvalue weighted by molar-refractivity contribution is 4.94. The van der Waals surface area contributed by atoms with Crippen molar-refractivity contribution < 1.29 is 1.37 Å². The third-order valence-electron chi connectivity index (χ3n) is 2.34. The van der Waals surface area contributed by atoms with Crippen LogP contribution in [0.4, 0.5) is 0 Å². The first-order valence-corrected chi connectivity index (χ1v) is 3.02. The second-order valence-corrected chi connectivity index (χ2v) is 2.87. The molecular formula is C7H14. The number of hydrogen-bond donors (Lipinski definition) is 0. The van der Waals surface area contributed by atoms with Gasteiger partial charge in [-0.2, -0.15) is 0 Å². The molecule has 1 aliphatic rings. The molecule has 7 heavy (non-hydrogen) atoms. The summed E-state index contributed by atoms with van der Waals surface area (Å²) in [6.45, 7) is 6.39. The number of hydrogen-bond acceptors (Lipinski definition) is 0. The minimum Gasteiger partial charge on any atom is -0.0649 e. The van der Waals surface area contributed by atoms with Gasteiger partial charge in [0.2, 0.25) is 0 Å². The monoisotopic (exact) mass is 100 g/mol. The molecule has 2 atom stereocenters. The van der Waals surface area contributed by atoms with Crippen molar-refractivity contribution in [2.45, 2.75) is 33.6 Å². The summed E-state index contributed by atoms with van der Waals surface area (Å²) in [7, 11) is 0.